The van der Waals surface area contributed by atoms with Gasteiger partial charge in [0.15, 0.2) is 0 Å². The first-order valence-electron chi connectivity index (χ1n) is 3.59. The van der Waals surface area contributed by atoms with E-state index in [-0.39, 0.29) is 11.0 Å². The fraction of sp³-hybridized carbons (Fsp3) is 0.778. The SMILES string of the molecule is C#CCC1(C(C)(C)C)CO1. The Bertz CT molecular complexity index is 164. The maximum atomic E-state index is 5.36. The standard InChI is InChI=1S/C9H14O/c1-5-6-9(7-10-9)8(2,3)4/h1H,6-7H2,2-4H3. The summed E-state index contributed by atoms with van der Waals surface area (Å²) in [5.41, 5.74) is 0.196. The molecule has 1 atom stereocenters. The van der Waals surface area contributed by atoms with E-state index >= 15 is 0 Å². The lowest BCUT2D eigenvalue weighted by Gasteiger charge is -2.25. The largest absolute Gasteiger partial charge is 0.368 e. The maximum absolute atomic E-state index is 5.36. The fourth-order valence-corrected chi connectivity index (χ4v) is 1.05. The van der Waals surface area contributed by atoms with Crippen molar-refractivity contribution < 1.29 is 4.74 Å². The van der Waals surface area contributed by atoms with Gasteiger partial charge in [-0.3, -0.25) is 0 Å². The third-order valence-electron chi connectivity index (χ3n) is 2.25. The van der Waals surface area contributed by atoms with Crippen molar-refractivity contribution in [3.05, 3.63) is 0 Å². The molecule has 0 aromatic rings. The van der Waals surface area contributed by atoms with Crippen LogP contribution in [-0.4, -0.2) is 12.2 Å². The lowest BCUT2D eigenvalue weighted by molar-refractivity contribution is 0.160. The van der Waals surface area contributed by atoms with Crippen LogP contribution in [0, 0.1) is 17.8 Å². The first kappa shape index (κ1) is 7.63. The van der Waals surface area contributed by atoms with E-state index in [1.54, 1.807) is 0 Å². The number of hydrogen-bond acceptors (Lipinski definition) is 1. The van der Waals surface area contributed by atoms with E-state index in [9.17, 15) is 0 Å². The molecule has 56 valence electrons. The molecule has 1 aliphatic heterocycles. The van der Waals surface area contributed by atoms with Gasteiger partial charge in [-0.15, -0.1) is 12.3 Å². The van der Waals surface area contributed by atoms with Crippen molar-refractivity contribution in [1.82, 2.24) is 0 Å². The Balaban J connectivity index is 2.63. The zero-order chi connectivity index (χ0) is 7.83. The molecule has 1 heterocycles. The maximum Gasteiger partial charge on any atom is 0.107 e. The van der Waals surface area contributed by atoms with E-state index < -0.39 is 0 Å². The van der Waals surface area contributed by atoms with Crippen molar-refractivity contribution in [3.8, 4) is 12.3 Å². The van der Waals surface area contributed by atoms with Gasteiger partial charge in [0.25, 0.3) is 0 Å². The normalized spacial score (nSPS) is 31.4. The number of rotatable bonds is 1. The van der Waals surface area contributed by atoms with Gasteiger partial charge in [-0.25, -0.2) is 0 Å². The molecule has 0 saturated carbocycles. The van der Waals surface area contributed by atoms with E-state index in [0.717, 1.165) is 13.0 Å². The van der Waals surface area contributed by atoms with E-state index in [1.165, 1.54) is 0 Å². The number of ether oxygens (including phenoxy) is 1. The van der Waals surface area contributed by atoms with Crippen LogP contribution in [0.1, 0.15) is 27.2 Å². The Morgan fingerprint density at radius 1 is 1.60 bits per heavy atom. The highest BCUT2D eigenvalue weighted by molar-refractivity contribution is 5.09. The molecule has 0 bridgehead atoms. The molecule has 0 aromatic carbocycles. The van der Waals surface area contributed by atoms with Gasteiger partial charge in [-0.05, 0) is 5.41 Å². The first-order chi connectivity index (χ1) is 4.52. The van der Waals surface area contributed by atoms with Gasteiger partial charge in [0.05, 0.1) is 6.61 Å². The highest BCUT2D eigenvalue weighted by Crippen LogP contribution is 2.46. The molecule has 1 rings (SSSR count). The van der Waals surface area contributed by atoms with Crippen molar-refractivity contribution in [2.45, 2.75) is 32.8 Å². The summed E-state index contributed by atoms with van der Waals surface area (Å²) in [4.78, 5) is 0. The monoisotopic (exact) mass is 138 g/mol. The third-order valence-corrected chi connectivity index (χ3v) is 2.25. The highest BCUT2D eigenvalue weighted by atomic mass is 16.6. The minimum atomic E-state index is 0.00174. The molecular weight excluding hydrogens is 124 g/mol. The van der Waals surface area contributed by atoms with Gasteiger partial charge in [0.1, 0.15) is 5.60 Å². The van der Waals surface area contributed by atoms with Crippen LogP contribution in [-0.2, 0) is 4.74 Å². The van der Waals surface area contributed by atoms with Gasteiger partial charge in [-0.2, -0.15) is 0 Å². The Morgan fingerprint density at radius 2 is 2.10 bits per heavy atom. The zero-order valence-electron chi connectivity index (χ0n) is 6.90. The molecule has 0 amide bonds. The number of epoxide rings is 1. The summed E-state index contributed by atoms with van der Waals surface area (Å²) in [6.45, 7) is 7.33. The smallest absolute Gasteiger partial charge is 0.107 e. The molecular formula is C9H14O. The second-order valence-electron chi connectivity index (χ2n) is 3.91. The van der Waals surface area contributed by atoms with E-state index in [4.69, 9.17) is 11.2 Å². The van der Waals surface area contributed by atoms with Crippen molar-refractivity contribution >= 4 is 0 Å². The summed E-state index contributed by atoms with van der Waals surface area (Å²) >= 11 is 0. The van der Waals surface area contributed by atoms with Crippen LogP contribution in [0.3, 0.4) is 0 Å². The molecule has 0 spiro atoms. The van der Waals surface area contributed by atoms with Gasteiger partial charge in [0.2, 0.25) is 0 Å². The average molecular weight is 138 g/mol. The van der Waals surface area contributed by atoms with E-state index in [0.29, 0.717) is 0 Å². The van der Waals surface area contributed by atoms with Crippen LogP contribution < -0.4 is 0 Å². The minimum absolute atomic E-state index is 0.00174. The summed E-state index contributed by atoms with van der Waals surface area (Å²) in [5, 5.41) is 0. The molecule has 1 heteroatoms. The van der Waals surface area contributed by atoms with Gasteiger partial charge in [0, 0.05) is 6.42 Å². The van der Waals surface area contributed by atoms with E-state index in [2.05, 4.69) is 26.7 Å². The molecule has 1 nitrogen and oxygen atoms in total. The lowest BCUT2D eigenvalue weighted by Crippen LogP contribution is -2.29. The van der Waals surface area contributed by atoms with Crippen molar-refractivity contribution in [3.63, 3.8) is 0 Å². The lowest BCUT2D eigenvalue weighted by atomic mass is 9.79. The van der Waals surface area contributed by atoms with Crippen LogP contribution in [0.2, 0.25) is 0 Å². The summed E-state index contributed by atoms with van der Waals surface area (Å²) in [6.07, 6.45) is 5.97. The van der Waals surface area contributed by atoms with E-state index in [1.807, 2.05) is 0 Å². The number of hydrogen-bond donors (Lipinski definition) is 0. The Labute approximate surface area is 62.8 Å². The zero-order valence-corrected chi connectivity index (χ0v) is 6.90. The minimum Gasteiger partial charge on any atom is -0.368 e. The quantitative estimate of drug-likeness (QED) is 0.398. The van der Waals surface area contributed by atoms with Crippen LogP contribution in [0.4, 0.5) is 0 Å². The topological polar surface area (TPSA) is 12.5 Å². The Kier molecular flexibility index (Phi) is 1.53. The van der Waals surface area contributed by atoms with Crippen LogP contribution in [0.15, 0.2) is 0 Å². The molecule has 0 aromatic heterocycles. The Morgan fingerprint density at radius 3 is 2.20 bits per heavy atom. The molecule has 1 fully saturated rings. The molecule has 1 saturated heterocycles. The second kappa shape index (κ2) is 2.00. The van der Waals surface area contributed by atoms with Crippen LogP contribution >= 0.6 is 0 Å². The molecule has 1 unspecified atom stereocenters. The average Bonchev–Trinajstić information content (AvgIpc) is 2.45. The molecule has 10 heavy (non-hydrogen) atoms. The van der Waals surface area contributed by atoms with Crippen LogP contribution in [0.25, 0.3) is 0 Å². The molecule has 0 radical (unpaired) electrons. The molecule has 1 aliphatic rings. The Hall–Kier alpha value is -0.480. The predicted octanol–water partition coefficient (Wildman–Crippen LogP) is 1.82. The molecule has 0 N–H and O–H groups in total. The molecule has 0 aliphatic carbocycles. The fourth-order valence-electron chi connectivity index (χ4n) is 1.05. The van der Waals surface area contributed by atoms with Crippen molar-refractivity contribution in [2.75, 3.05) is 6.61 Å². The van der Waals surface area contributed by atoms with Crippen molar-refractivity contribution in [1.29, 1.82) is 0 Å². The summed E-state index contributed by atoms with van der Waals surface area (Å²) in [7, 11) is 0. The van der Waals surface area contributed by atoms with Gasteiger partial charge in [-0.1, -0.05) is 20.8 Å². The first-order valence-corrected chi connectivity index (χ1v) is 3.59. The summed E-state index contributed by atoms with van der Waals surface area (Å²) in [6, 6.07) is 0. The third kappa shape index (κ3) is 1.04. The highest BCUT2D eigenvalue weighted by Gasteiger charge is 2.53. The number of terminal acetylenes is 1. The van der Waals surface area contributed by atoms with Crippen molar-refractivity contribution in [2.24, 2.45) is 5.41 Å². The second-order valence-corrected chi connectivity index (χ2v) is 3.91. The van der Waals surface area contributed by atoms with Crippen LogP contribution in [0.5, 0.6) is 0 Å². The summed E-state index contributed by atoms with van der Waals surface area (Å²) < 4.78 is 5.36. The predicted molar refractivity (Wildman–Crippen MR) is 41.6 cm³/mol. The van der Waals surface area contributed by atoms with Gasteiger partial charge >= 0.3 is 0 Å². The summed E-state index contributed by atoms with van der Waals surface area (Å²) in [5.74, 6) is 2.65. The van der Waals surface area contributed by atoms with Gasteiger partial charge < -0.3 is 4.74 Å².